The van der Waals surface area contributed by atoms with Crippen molar-refractivity contribution in [2.75, 3.05) is 6.61 Å². The minimum Gasteiger partial charge on any atom is -0.463 e. The quantitative estimate of drug-likeness (QED) is 0.516. The summed E-state index contributed by atoms with van der Waals surface area (Å²) in [5.41, 5.74) is 5.63. The van der Waals surface area contributed by atoms with Gasteiger partial charge in [0.1, 0.15) is 0 Å². The van der Waals surface area contributed by atoms with Crippen LogP contribution in [0.2, 0.25) is 0 Å². The molecular formula is C15H12O2S. The van der Waals surface area contributed by atoms with Crippen LogP contribution in [0, 0.1) is 0 Å². The van der Waals surface area contributed by atoms with Crippen LogP contribution in [0.25, 0.3) is 16.7 Å². The van der Waals surface area contributed by atoms with E-state index in [4.69, 9.17) is 4.74 Å². The maximum Gasteiger partial charge on any atom is 0.331 e. The van der Waals surface area contributed by atoms with Gasteiger partial charge in [-0.2, -0.15) is 11.3 Å². The zero-order chi connectivity index (χ0) is 12.5. The van der Waals surface area contributed by atoms with Gasteiger partial charge in [-0.1, -0.05) is 24.3 Å². The van der Waals surface area contributed by atoms with Gasteiger partial charge in [0, 0.05) is 17.2 Å². The van der Waals surface area contributed by atoms with E-state index in [-0.39, 0.29) is 5.97 Å². The molecule has 0 saturated carbocycles. The van der Waals surface area contributed by atoms with E-state index in [1.54, 1.807) is 17.4 Å². The lowest BCUT2D eigenvalue weighted by Crippen LogP contribution is -2.00. The second kappa shape index (κ2) is 4.42. The van der Waals surface area contributed by atoms with Gasteiger partial charge in [-0.25, -0.2) is 4.79 Å². The zero-order valence-electron chi connectivity index (χ0n) is 9.97. The third-order valence-corrected chi connectivity index (χ3v) is 3.75. The molecule has 1 aromatic heterocycles. The molecule has 0 atom stereocenters. The molecule has 2 nitrogen and oxygen atoms in total. The smallest absolute Gasteiger partial charge is 0.331 e. The SMILES string of the molecule is CCOC(=O)/C=C1/c2ccccc2-c2cscc21. The van der Waals surface area contributed by atoms with Crippen LogP contribution in [0.5, 0.6) is 0 Å². The van der Waals surface area contributed by atoms with Gasteiger partial charge in [0.15, 0.2) is 0 Å². The summed E-state index contributed by atoms with van der Waals surface area (Å²) in [6.45, 7) is 2.22. The summed E-state index contributed by atoms with van der Waals surface area (Å²) in [5.74, 6) is -0.277. The van der Waals surface area contributed by atoms with Gasteiger partial charge in [-0.15, -0.1) is 0 Å². The Labute approximate surface area is 110 Å². The van der Waals surface area contributed by atoms with Crippen LogP contribution >= 0.6 is 11.3 Å². The average Bonchev–Trinajstić information content (AvgIpc) is 2.93. The number of hydrogen-bond donors (Lipinski definition) is 0. The molecule has 1 aliphatic carbocycles. The molecule has 0 amide bonds. The molecule has 1 heterocycles. The van der Waals surface area contributed by atoms with E-state index >= 15 is 0 Å². The molecule has 1 aliphatic rings. The Morgan fingerprint density at radius 3 is 2.67 bits per heavy atom. The number of rotatable bonds is 2. The second-order valence-electron chi connectivity index (χ2n) is 4.05. The van der Waals surface area contributed by atoms with Crippen LogP contribution in [-0.2, 0) is 9.53 Å². The maximum atomic E-state index is 11.6. The van der Waals surface area contributed by atoms with Crippen LogP contribution in [0.4, 0.5) is 0 Å². The van der Waals surface area contributed by atoms with Crippen molar-refractivity contribution in [3.63, 3.8) is 0 Å². The topological polar surface area (TPSA) is 26.3 Å². The third-order valence-electron chi connectivity index (χ3n) is 3.01. The summed E-state index contributed by atoms with van der Waals surface area (Å²) in [7, 11) is 0. The van der Waals surface area contributed by atoms with E-state index in [9.17, 15) is 4.79 Å². The van der Waals surface area contributed by atoms with Gasteiger partial charge in [-0.05, 0) is 34.4 Å². The Balaban J connectivity index is 2.14. The first-order valence-electron chi connectivity index (χ1n) is 5.86. The van der Waals surface area contributed by atoms with E-state index in [0.717, 1.165) is 16.7 Å². The fraction of sp³-hybridized carbons (Fsp3) is 0.133. The number of benzene rings is 1. The largest absolute Gasteiger partial charge is 0.463 e. The Morgan fingerprint density at radius 2 is 1.89 bits per heavy atom. The lowest BCUT2D eigenvalue weighted by Gasteiger charge is -2.02. The first kappa shape index (κ1) is 11.2. The number of fused-ring (bicyclic) bond motifs is 3. The molecule has 0 bridgehead atoms. The fourth-order valence-electron chi connectivity index (χ4n) is 2.27. The number of carbonyl (C=O) groups is 1. The van der Waals surface area contributed by atoms with Gasteiger partial charge in [0.05, 0.1) is 6.61 Å². The molecule has 0 aliphatic heterocycles. The van der Waals surface area contributed by atoms with E-state index in [1.807, 2.05) is 25.1 Å². The second-order valence-corrected chi connectivity index (χ2v) is 4.80. The molecule has 2 aromatic rings. The highest BCUT2D eigenvalue weighted by Gasteiger charge is 2.24. The Hall–Kier alpha value is -1.87. The zero-order valence-corrected chi connectivity index (χ0v) is 10.8. The summed E-state index contributed by atoms with van der Waals surface area (Å²) in [6, 6.07) is 8.15. The number of ether oxygens (including phenoxy) is 1. The van der Waals surface area contributed by atoms with Crippen molar-refractivity contribution in [3.8, 4) is 11.1 Å². The molecule has 0 saturated heterocycles. The van der Waals surface area contributed by atoms with E-state index < -0.39 is 0 Å². The van der Waals surface area contributed by atoms with Crippen molar-refractivity contribution in [3.05, 3.63) is 52.2 Å². The Morgan fingerprint density at radius 1 is 1.17 bits per heavy atom. The normalized spacial score (nSPS) is 14.4. The minimum absolute atomic E-state index is 0.277. The summed E-state index contributed by atoms with van der Waals surface area (Å²) in [5, 5.41) is 4.21. The number of esters is 1. The summed E-state index contributed by atoms with van der Waals surface area (Å²) < 4.78 is 5.00. The Kier molecular flexibility index (Phi) is 2.76. The molecule has 0 N–H and O–H groups in total. The predicted molar refractivity (Wildman–Crippen MR) is 73.5 cm³/mol. The van der Waals surface area contributed by atoms with Crippen molar-refractivity contribution in [2.45, 2.75) is 6.92 Å². The van der Waals surface area contributed by atoms with Crippen molar-refractivity contribution >= 4 is 22.9 Å². The molecular weight excluding hydrogens is 244 g/mol. The van der Waals surface area contributed by atoms with Crippen molar-refractivity contribution < 1.29 is 9.53 Å². The van der Waals surface area contributed by atoms with Gasteiger partial charge in [0.25, 0.3) is 0 Å². The van der Waals surface area contributed by atoms with E-state index in [0.29, 0.717) is 6.61 Å². The predicted octanol–water partition coefficient (Wildman–Crippen LogP) is 3.72. The van der Waals surface area contributed by atoms with Crippen LogP contribution in [0.1, 0.15) is 18.1 Å². The summed E-state index contributed by atoms with van der Waals surface area (Å²) >= 11 is 1.66. The maximum absolute atomic E-state index is 11.6. The lowest BCUT2D eigenvalue weighted by atomic mass is 10.1. The molecule has 3 heteroatoms. The first-order valence-corrected chi connectivity index (χ1v) is 6.80. The first-order chi connectivity index (χ1) is 8.81. The molecule has 1 aromatic carbocycles. The number of carbonyl (C=O) groups excluding carboxylic acids is 1. The van der Waals surface area contributed by atoms with Crippen molar-refractivity contribution in [1.29, 1.82) is 0 Å². The highest BCUT2D eigenvalue weighted by atomic mass is 32.1. The average molecular weight is 256 g/mol. The van der Waals surface area contributed by atoms with Crippen LogP contribution in [0.3, 0.4) is 0 Å². The third kappa shape index (κ3) is 1.68. The summed E-state index contributed by atoms with van der Waals surface area (Å²) in [6.07, 6.45) is 1.60. The standard InChI is InChI=1S/C15H12O2S/c1-2-17-15(16)7-12-10-5-3-4-6-11(10)13-8-18-9-14(12)13/h3-9H,2H2,1H3/b12-7-. The van der Waals surface area contributed by atoms with Gasteiger partial charge in [0.2, 0.25) is 0 Å². The Bertz CT molecular complexity index is 637. The van der Waals surface area contributed by atoms with Gasteiger partial charge >= 0.3 is 5.97 Å². The number of thiophene rings is 1. The highest BCUT2D eigenvalue weighted by molar-refractivity contribution is 7.08. The lowest BCUT2D eigenvalue weighted by molar-refractivity contribution is -0.137. The van der Waals surface area contributed by atoms with E-state index in [2.05, 4.69) is 16.8 Å². The molecule has 18 heavy (non-hydrogen) atoms. The monoisotopic (exact) mass is 256 g/mol. The number of hydrogen-bond acceptors (Lipinski definition) is 3. The molecule has 0 fully saturated rings. The molecule has 0 unspecified atom stereocenters. The van der Waals surface area contributed by atoms with Gasteiger partial charge < -0.3 is 4.74 Å². The minimum atomic E-state index is -0.277. The van der Waals surface area contributed by atoms with E-state index in [1.165, 1.54) is 11.1 Å². The van der Waals surface area contributed by atoms with Crippen LogP contribution in [0.15, 0.2) is 41.1 Å². The van der Waals surface area contributed by atoms with Gasteiger partial charge in [-0.3, -0.25) is 0 Å². The molecule has 90 valence electrons. The van der Waals surface area contributed by atoms with Crippen LogP contribution < -0.4 is 0 Å². The van der Waals surface area contributed by atoms with Crippen LogP contribution in [-0.4, -0.2) is 12.6 Å². The molecule has 0 radical (unpaired) electrons. The fourth-order valence-corrected chi connectivity index (χ4v) is 3.12. The summed E-state index contributed by atoms with van der Waals surface area (Å²) in [4.78, 5) is 11.6. The van der Waals surface area contributed by atoms with Crippen molar-refractivity contribution in [2.24, 2.45) is 0 Å². The molecule has 0 spiro atoms. The van der Waals surface area contributed by atoms with Crippen molar-refractivity contribution in [1.82, 2.24) is 0 Å². The molecule has 3 rings (SSSR count). The highest BCUT2D eigenvalue weighted by Crippen LogP contribution is 2.45.